The van der Waals surface area contributed by atoms with E-state index in [1.54, 1.807) is 12.1 Å². The quantitative estimate of drug-likeness (QED) is 0.837. The first-order valence-electron chi connectivity index (χ1n) is 9.55. The molecule has 0 radical (unpaired) electrons. The first kappa shape index (κ1) is 18.1. The summed E-state index contributed by atoms with van der Waals surface area (Å²) in [4.78, 5) is 27.3. The molecule has 2 aliphatic rings. The third kappa shape index (κ3) is 3.46. The van der Waals surface area contributed by atoms with Crippen LogP contribution in [0, 0.1) is 0 Å². The molecular formula is C22H23ClN2O2. The number of rotatable bonds is 4. The first-order valence-corrected chi connectivity index (χ1v) is 9.93. The highest BCUT2D eigenvalue weighted by atomic mass is 35.5. The maximum Gasteiger partial charge on any atom is 0.253 e. The van der Waals surface area contributed by atoms with Crippen LogP contribution in [0.2, 0.25) is 5.02 Å². The van der Waals surface area contributed by atoms with Gasteiger partial charge in [-0.1, -0.05) is 30.2 Å². The fourth-order valence-corrected chi connectivity index (χ4v) is 4.12. The van der Waals surface area contributed by atoms with Crippen LogP contribution >= 0.6 is 11.6 Å². The van der Waals surface area contributed by atoms with Crippen LogP contribution in [0.1, 0.15) is 48.0 Å². The van der Waals surface area contributed by atoms with Crippen molar-refractivity contribution >= 4 is 29.1 Å². The standard InChI is InChI=1S/C22H23ClN2O2/c23-18-8-6-17(7-9-18)22(12-3-13-22)21(27)24-19-10-4-16(5-11-19)20(26)25-14-1-2-15-25/h4-11H,1-3,12-15H2,(H,24,27). The highest BCUT2D eigenvalue weighted by molar-refractivity contribution is 6.30. The number of nitrogens with zero attached hydrogens (tertiary/aromatic N) is 1. The van der Waals surface area contributed by atoms with Gasteiger partial charge in [-0.3, -0.25) is 9.59 Å². The summed E-state index contributed by atoms with van der Waals surface area (Å²) in [6.45, 7) is 1.67. The predicted molar refractivity (Wildman–Crippen MR) is 107 cm³/mol. The smallest absolute Gasteiger partial charge is 0.253 e. The number of likely N-dealkylation sites (tertiary alicyclic amines) is 1. The van der Waals surface area contributed by atoms with E-state index >= 15 is 0 Å². The van der Waals surface area contributed by atoms with Gasteiger partial charge in [0.2, 0.25) is 5.91 Å². The normalized spacial score (nSPS) is 18.0. The number of anilines is 1. The topological polar surface area (TPSA) is 49.4 Å². The Balaban J connectivity index is 1.47. The molecule has 2 amide bonds. The maximum absolute atomic E-state index is 13.0. The number of amides is 2. The molecule has 1 N–H and O–H groups in total. The minimum absolute atomic E-state index is 0.00897. The highest BCUT2D eigenvalue weighted by Gasteiger charge is 2.45. The van der Waals surface area contributed by atoms with Crippen LogP contribution in [-0.4, -0.2) is 29.8 Å². The minimum Gasteiger partial charge on any atom is -0.339 e. The summed E-state index contributed by atoms with van der Waals surface area (Å²) in [5.41, 5.74) is 1.93. The fourth-order valence-electron chi connectivity index (χ4n) is 4.00. The zero-order valence-electron chi connectivity index (χ0n) is 15.2. The van der Waals surface area contributed by atoms with Gasteiger partial charge in [-0.05, 0) is 67.6 Å². The number of hydrogen-bond acceptors (Lipinski definition) is 2. The minimum atomic E-state index is -0.478. The molecule has 2 aromatic rings. The van der Waals surface area contributed by atoms with Gasteiger partial charge in [0.15, 0.2) is 0 Å². The molecule has 1 aliphatic carbocycles. The lowest BCUT2D eigenvalue weighted by atomic mass is 9.64. The largest absolute Gasteiger partial charge is 0.339 e. The molecule has 0 aromatic heterocycles. The summed E-state index contributed by atoms with van der Waals surface area (Å²) < 4.78 is 0. The predicted octanol–water partition coefficient (Wildman–Crippen LogP) is 4.64. The van der Waals surface area contributed by atoms with Gasteiger partial charge in [0.05, 0.1) is 5.41 Å². The Bertz CT molecular complexity index is 836. The molecule has 4 nitrogen and oxygen atoms in total. The second kappa shape index (κ2) is 7.35. The van der Waals surface area contributed by atoms with Crippen molar-refractivity contribution in [1.82, 2.24) is 4.90 Å². The molecule has 140 valence electrons. The van der Waals surface area contributed by atoms with Crippen LogP contribution in [0.15, 0.2) is 48.5 Å². The monoisotopic (exact) mass is 382 g/mol. The molecule has 4 rings (SSSR count). The van der Waals surface area contributed by atoms with Crippen molar-refractivity contribution in [3.63, 3.8) is 0 Å². The number of halogens is 1. The highest BCUT2D eigenvalue weighted by Crippen LogP contribution is 2.44. The van der Waals surface area contributed by atoms with Crippen LogP contribution in [0.3, 0.4) is 0 Å². The zero-order valence-corrected chi connectivity index (χ0v) is 16.0. The Hall–Kier alpha value is -2.33. The molecule has 0 atom stereocenters. The van der Waals surface area contributed by atoms with Gasteiger partial charge in [0, 0.05) is 29.4 Å². The Kier molecular flexibility index (Phi) is 4.92. The van der Waals surface area contributed by atoms with Crippen molar-refractivity contribution in [3.8, 4) is 0 Å². The van der Waals surface area contributed by atoms with Gasteiger partial charge in [-0.2, -0.15) is 0 Å². The number of hydrogen-bond donors (Lipinski definition) is 1. The molecule has 0 bridgehead atoms. The number of carbonyl (C=O) groups is 2. The van der Waals surface area contributed by atoms with Crippen LogP contribution in [0.5, 0.6) is 0 Å². The second-order valence-corrected chi connectivity index (χ2v) is 7.91. The lowest BCUT2D eigenvalue weighted by Gasteiger charge is -2.40. The molecule has 1 heterocycles. The third-order valence-corrected chi connectivity index (χ3v) is 6.07. The lowest BCUT2D eigenvalue weighted by Crippen LogP contribution is -2.46. The average Bonchev–Trinajstić information content (AvgIpc) is 3.17. The van der Waals surface area contributed by atoms with Crippen LogP contribution in [-0.2, 0) is 10.2 Å². The van der Waals surface area contributed by atoms with E-state index in [1.807, 2.05) is 41.3 Å². The van der Waals surface area contributed by atoms with Crippen molar-refractivity contribution in [1.29, 1.82) is 0 Å². The Morgan fingerprint density at radius 1 is 0.889 bits per heavy atom. The van der Waals surface area contributed by atoms with E-state index in [-0.39, 0.29) is 11.8 Å². The molecule has 2 aromatic carbocycles. The van der Waals surface area contributed by atoms with E-state index in [1.165, 1.54) is 0 Å². The van der Waals surface area contributed by atoms with E-state index in [2.05, 4.69) is 5.32 Å². The average molecular weight is 383 g/mol. The summed E-state index contributed by atoms with van der Waals surface area (Å²) >= 11 is 5.99. The molecule has 27 heavy (non-hydrogen) atoms. The summed E-state index contributed by atoms with van der Waals surface area (Å²) in [6, 6.07) is 14.8. The number of benzene rings is 2. The van der Waals surface area contributed by atoms with Crippen molar-refractivity contribution in [3.05, 3.63) is 64.7 Å². The molecule has 5 heteroatoms. The van der Waals surface area contributed by atoms with Crippen LogP contribution in [0.4, 0.5) is 5.69 Å². The van der Waals surface area contributed by atoms with E-state index < -0.39 is 5.41 Å². The Labute approximate surface area is 164 Å². The summed E-state index contributed by atoms with van der Waals surface area (Å²) in [5.74, 6) is 0.0803. The number of nitrogens with one attached hydrogen (secondary N) is 1. The van der Waals surface area contributed by atoms with Gasteiger partial charge in [-0.15, -0.1) is 0 Å². The van der Waals surface area contributed by atoms with Crippen molar-refractivity contribution in [2.75, 3.05) is 18.4 Å². The van der Waals surface area contributed by atoms with Gasteiger partial charge < -0.3 is 10.2 Å². The molecule has 1 saturated carbocycles. The van der Waals surface area contributed by atoms with Gasteiger partial charge in [-0.25, -0.2) is 0 Å². The van der Waals surface area contributed by atoms with E-state index in [0.717, 1.165) is 56.4 Å². The second-order valence-electron chi connectivity index (χ2n) is 7.47. The molecule has 2 fully saturated rings. The van der Waals surface area contributed by atoms with Gasteiger partial charge in [0.25, 0.3) is 5.91 Å². The van der Waals surface area contributed by atoms with E-state index in [0.29, 0.717) is 10.6 Å². The van der Waals surface area contributed by atoms with Crippen molar-refractivity contribution in [2.24, 2.45) is 0 Å². The summed E-state index contributed by atoms with van der Waals surface area (Å²) in [7, 11) is 0. The molecule has 0 spiro atoms. The maximum atomic E-state index is 13.0. The van der Waals surface area contributed by atoms with Crippen LogP contribution < -0.4 is 5.32 Å². The third-order valence-electron chi connectivity index (χ3n) is 5.82. The Morgan fingerprint density at radius 2 is 1.52 bits per heavy atom. The fraction of sp³-hybridized carbons (Fsp3) is 0.364. The van der Waals surface area contributed by atoms with Crippen molar-refractivity contribution in [2.45, 2.75) is 37.5 Å². The summed E-state index contributed by atoms with van der Waals surface area (Å²) in [5, 5.41) is 3.71. The first-order chi connectivity index (χ1) is 13.1. The molecular weight excluding hydrogens is 360 g/mol. The van der Waals surface area contributed by atoms with E-state index in [9.17, 15) is 9.59 Å². The van der Waals surface area contributed by atoms with Crippen molar-refractivity contribution < 1.29 is 9.59 Å². The zero-order chi connectivity index (χ0) is 18.9. The lowest BCUT2D eigenvalue weighted by molar-refractivity contribution is -0.124. The summed E-state index contributed by atoms with van der Waals surface area (Å²) in [6.07, 6.45) is 4.87. The number of carbonyl (C=O) groups excluding carboxylic acids is 2. The van der Waals surface area contributed by atoms with Crippen LogP contribution in [0.25, 0.3) is 0 Å². The SMILES string of the molecule is O=C(c1ccc(NC(=O)C2(c3ccc(Cl)cc3)CCC2)cc1)N1CCCC1. The van der Waals surface area contributed by atoms with Gasteiger partial charge in [0.1, 0.15) is 0 Å². The molecule has 1 saturated heterocycles. The molecule has 0 unspecified atom stereocenters. The van der Waals surface area contributed by atoms with Gasteiger partial charge >= 0.3 is 0 Å². The molecule has 1 aliphatic heterocycles. The Morgan fingerprint density at radius 3 is 2.07 bits per heavy atom. The van der Waals surface area contributed by atoms with E-state index in [4.69, 9.17) is 11.6 Å².